The largest absolute Gasteiger partial charge is 0.480 e. The second kappa shape index (κ2) is 31.7. The minimum absolute atomic E-state index is 0.0312. The van der Waals surface area contributed by atoms with Gasteiger partial charge in [0.1, 0.15) is 48.3 Å². The molecule has 16 N–H and O–H groups in total. The maximum atomic E-state index is 14.4. The van der Waals surface area contributed by atoms with Crippen LogP contribution in [0.25, 0.3) is 0 Å². The molecule has 0 aliphatic carbocycles. The fraction of sp³-hybridized carbons (Fsp3) is 0.620. The summed E-state index contributed by atoms with van der Waals surface area (Å²) in [6.45, 7) is 10.5. The van der Waals surface area contributed by atoms with E-state index in [2.05, 4.69) is 57.8 Å². The number of carboxylic acid groups (broad SMARTS) is 1. The Labute approximate surface area is 437 Å². The molecule has 9 atom stereocenters. The van der Waals surface area contributed by atoms with E-state index in [1.165, 1.54) is 12.5 Å². The van der Waals surface area contributed by atoms with E-state index in [1.54, 1.807) is 71.9 Å². The molecule has 25 nitrogen and oxygen atoms in total. The van der Waals surface area contributed by atoms with Crippen molar-refractivity contribution in [3.05, 3.63) is 54.1 Å². The van der Waals surface area contributed by atoms with Gasteiger partial charge in [0, 0.05) is 24.7 Å². The Hall–Kier alpha value is -6.99. The maximum absolute atomic E-state index is 14.4. The Morgan fingerprint density at radius 1 is 0.653 bits per heavy atom. The summed E-state index contributed by atoms with van der Waals surface area (Å²) in [7, 11) is 0. The van der Waals surface area contributed by atoms with Crippen LogP contribution in [0, 0.1) is 17.8 Å². The highest BCUT2D eigenvalue weighted by atomic mass is 16.4. The lowest BCUT2D eigenvalue weighted by atomic mass is 9.99. The van der Waals surface area contributed by atoms with Crippen LogP contribution in [-0.2, 0) is 60.8 Å². The van der Waals surface area contributed by atoms with Gasteiger partial charge in [0.25, 0.3) is 0 Å². The predicted octanol–water partition coefficient (Wildman–Crippen LogP) is -2.35. The molecule has 416 valence electrons. The molecular formula is C50H79N13O12. The van der Waals surface area contributed by atoms with Crippen molar-refractivity contribution in [3.63, 3.8) is 0 Å². The van der Waals surface area contributed by atoms with Gasteiger partial charge in [-0.1, -0.05) is 71.9 Å². The van der Waals surface area contributed by atoms with E-state index in [9.17, 15) is 58.2 Å². The number of aliphatic hydroxyl groups excluding tert-OH is 1. The molecule has 1 aromatic heterocycles. The van der Waals surface area contributed by atoms with Crippen LogP contribution in [0.4, 0.5) is 0 Å². The van der Waals surface area contributed by atoms with Gasteiger partial charge in [0.15, 0.2) is 0 Å². The number of benzene rings is 1. The number of carbonyl (C=O) groups is 10. The average molecular weight is 1050 g/mol. The number of nitrogens with two attached hydrogens (primary N) is 2. The summed E-state index contributed by atoms with van der Waals surface area (Å²) in [4.78, 5) is 142. The topological polar surface area (TPSA) is 400 Å². The number of unbranched alkanes of at least 4 members (excludes halogenated alkanes) is 1. The smallest absolute Gasteiger partial charge is 0.326 e. The van der Waals surface area contributed by atoms with Gasteiger partial charge in [-0.15, -0.1) is 0 Å². The van der Waals surface area contributed by atoms with Gasteiger partial charge in [-0.05, 0) is 81.4 Å². The number of aliphatic hydroxyl groups is 1. The molecule has 1 aliphatic rings. The van der Waals surface area contributed by atoms with E-state index in [0.717, 1.165) is 6.42 Å². The number of rotatable bonds is 33. The van der Waals surface area contributed by atoms with Gasteiger partial charge < -0.3 is 74.5 Å². The number of imidazole rings is 1. The third kappa shape index (κ3) is 21.8. The molecule has 0 radical (unpaired) electrons. The van der Waals surface area contributed by atoms with Gasteiger partial charge in [-0.3, -0.25) is 43.2 Å². The van der Waals surface area contributed by atoms with Crippen LogP contribution in [0.2, 0.25) is 0 Å². The van der Waals surface area contributed by atoms with Crippen molar-refractivity contribution in [1.82, 2.24) is 57.8 Å². The zero-order valence-corrected chi connectivity index (χ0v) is 43.7. The van der Waals surface area contributed by atoms with E-state index < -0.39 is 132 Å². The molecular weight excluding hydrogens is 975 g/mol. The average Bonchev–Trinajstić information content (AvgIpc) is 4.09. The molecule has 25 heteroatoms. The fourth-order valence-electron chi connectivity index (χ4n) is 8.24. The number of nitrogens with one attached hydrogen (secondary N) is 10. The Balaban J connectivity index is 1.86. The normalized spacial score (nSPS) is 16.5. The first-order valence-corrected chi connectivity index (χ1v) is 25.5. The van der Waals surface area contributed by atoms with Crippen molar-refractivity contribution in [3.8, 4) is 0 Å². The zero-order chi connectivity index (χ0) is 55.8. The van der Waals surface area contributed by atoms with Crippen molar-refractivity contribution in [2.75, 3.05) is 19.7 Å². The maximum Gasteiger partial charge on any atom is 0.326 e. The number of nitrogens with zero attached hydrogens (tertiary/aromatic N) is 1. The van der Waals surface area contributed by atoms with E-state index in [-0.39, 0.29) is 50.5 Å². The van der Waals surface area contributed by atoms with Crippen molar-refractivity contribution < 1.29 is 58.2 Å². The molecule has 1 aromatic carbocycles. The number of H-pyrrole nitrogens is 1. The van der Waals surface area contributed by atoms with Crippen molar-refractivity contribution in [2.24, 2.45) is 29.2 Å². The number of aliphatic carboxylic acids is 1. The number of carbonyl (C=O) groups excluding carboxylic acids is 9. The lowest BCUT2D eigenvalue weighted by Gasteiger charge is -2.29. The number of amides is 9. The molecule has 0 unspecified atom stereocenters. The number of hydrogen-bond donors (Lipinski definition) is 14. The van der Waals surface area contributed by atoms with E-state index in [0.29, 0.717) is 37.1 Å². The number of primary amides is 1. The Bertz CT molecular complexity index is 2210. The SMILES string of the molecule is CC(C)C[C@H](NC(=O)[C@H](CC(C)C)NC(=O)[C@H](CCCCN)NC(=O)[C@H](Cc1ccccc1)NC(=O)[C@H](CC(N)=O)NC(=O)[C@@H](NC(=O)[C@@H]1CCCN1)C(C)C)C(=O)N[C@@H](CO)C(=O)N[C@@H](Cc1cnc[nH]1)C(=O)O. The fourth-order valence-corrected chi connectivity index (χ4v) is 8.24. The van der Waals surface area contributed by atoms with Crippen LogP contribution < -0.4 is 59.3 Å². The number of hydrogen-bond acceptors (Lipinski definition) is 14. The summed E-state index contributed by atoms with van der Waals surface area (Å²) in [6.07, 6.45) is 4.03. The van der Waals surface area contributed by atoms with E-state index in [1.807, 2.05) is 0 Å². The van der Waals surface area contributed by atoms with Crippen LogP contribution >= 0.6 is 0 Å². The standard InChI is InChI=1S/C50H79N13O12/c1-27(2)19-34(44(68)58-35(20-28(3)4)45(69)62-39(25-64)48(72)61-38(50(74)75)22-31-24-53-26-55-31)57-43(67)33(15-10-11-17-51)56-46(70)36(21-30-13-8-7-9-14-30)59-47(71)37(23-40(52)65)60-49(73)41(29(5)6)63-42(66)32-16-12-18-54-32/h7-9,13-14,24,26-29,32-39,41,54,64H,10-12,15-23,25,51H2,1-6H3,(H2,52,65)(H,53,55)(H,56,70)(H,57,67)(H,58,68)(H,59,71)(H,60,73)(H,61,72)(H,62,69)(H,63,66)(H,74,75)/t32-,33-,34-,35-,36-,37-,38-,39-,41-/m0/s1. The Kier molecular flexibility index (Phi) is 26.3. The van der Waals surface area contributed by atoms with Gasteiger partial charge in [-0.2, -0.15) is 0 Å². The summed E-state index contributed by atoms with van der Waals surface area (Å²) in [5.41, 5.74) is 12.3. The van der Waals surface area contributed by atoms with E-state index in [4.69, 9.17) is 11.5 Å². The molecule has 2 aromatic rings. The van der Waals surface area contributed by atoms with Gasteiger partial charge >= 0.3 is 5.97 Å². The van der Waals surface area contributed by atoms with Gasteiger partial charge in [0.2, 0.25) is 53.2 Å². The molecule has 0 bridgehead atoms. The van der Waals surface area contributed by atoms with Crippen LogP contribution in [0.1, 0.15) is 104 Å². The summed E-state index contributed by atoms with van der Waals surface area (Å²) in [5.74, 6) is -9.58. The third-order valence-corrected chi connectivity index (χ3v) is 12.2. The van der Waals surface area contributed by atoms with Crippen molar-refractivity contribution >= 4 is 59.1 Å². The zero-order valence-electron chi connectivity index (χ0n) is 43.7. The molecule has 0 saturated carbocycles. The molecule has 3 rings (SSSR count). The molecule has 75 heavy (non-hydrogen) atoms. The molecule has 1 aliphatic heterocycles. The van der Waals surface area contributed by atoms with Crippen molar-refractivity contribution in [1.29, 1.82) is 0 Å². The summed E-state index contributed by atoms with van der Waals surface area (Å²) in [5, 5.41) is 43.6. The lowest BCUT2D eigenvalue weighted by Crippen LogP contribution is -2.61. The minimum atomic E-state index is -1.62. The molecule has 1 fully saturated rings. The van der Waals surface area contributed by atoms with Crippen molar-refractivity contribution in [2.45, 2.75) is 160 Å². The van der Waals surface area contributed by atoms with Gasteiger partial charge in [0.05, 0.1) is 25.4 Å². The van der Waals surface area contributed by atoms with Crippen LogP contribution in [0.15, 0.2) is 42.9 Å². The number of carboxylic acids is 1. The lowest BCUT2D eigenvalue weighted by molar-refractivity contribution is -0.142. The van der Waals surface area contributed by atoms with Gasteiger partial charge in [-0.25, -0.2) is 9.78 Å². The number of aromatic amines is 1. The van der Waals surface area contributed by atoms with Crippen LogP contribution in [0.5, 0.6) is 0 Å². The first-order chi connectivity index (χ1) is 35.5. The highest BCUT2D eigenvalue weighted by Gasteiger charge is 2.37. The molecule has 9 amide bonds. The molecule has 2 heterocycles. The Morgan fingerprint density at radius 2 is 1.17 bits per heavy atom. The van der Waals surface area contributed by atoms with Crippen LogP contribution in [0.3, 0.4) is 0 Å². The first kappa shape index (κ1) is 62.3. The molecule has 1 saturated heterocycles. The summed E-state index contributed by atoms with van der Waals surface area (Å²) < 4.78 is 0. The first-order valence-electron chi connectivity index (χ1n) is 25.5. The summed E-state index contributed by atoms with van der Waals surface area (Å²) >= 11 is 0. The highest BCUT2D eigenvalue weighted by molar-refractivity contribution is 5.99. The van der Waals surface area contributed by atoms with Crippen LogP contribution in [-0.4, -0.2) is 153 Å². The van der Waals surface area contributed by atoms with E-state index >= 15 is 0 Å². The monoisotopic (exact) mass is 1050 g/mol. The molecule has 0 spiro atoms. The predicted molar refractivity (Wildman–Crippen MR) is 274 cm³/mol. The Morgan fingerprint density at radius 3 is 1.68 bits per heavy atom. The minimum Gasteiger partial charge on any atom is -0.480 e. The quantitative estimate of drug-likeness (QED) is 0.0333. The third-order valence-electron chi connectivity index (χ3n) is 12.2. The second-order valence-corrected chi connectivity index (χ2v) is 20.0. The highest BCUT2D eigenvalue weighted by Crippen LogP contribution is 2.14. The summed E-state index contributed by atoms with van der Waals surface area (Å²) in [6, 6.07) is -2.98. The second-order valence-electron chi connectivity index (χ2n) is 20.0. The number of aromatic nitrogens is 2.